The van der Waals surface area contributed by atoms with E-state index in [1.807, 2.05) is 32.0 Å². The summed E-state index contributed by atoms with van der Waals surface area (Å²) in [5.74, 6) is 0.292. The fraction of sp³-hybridized carbons (Fsp3) is 0.294. The molecule has 2 aromatic carbocycles. The van der Waals surface area contributed by atoms with Crippen molar-refractivity contribution < 1.29 is 10.2 Å². The van der Waals surface area contributed by atoms with Crippen molar-refractivity contribution in [2.24, 2.45) is 0 Å². The van der Waals surface area contributed by atoms with Crippen molar-refractivity contribution in [1.29, 1.82) is 0 Å². The highest BCUT2D eigenvalue weighted by atomic mass is 16.3. The van der Waals surface area contributed by atoms with Gasteiger partial charge in [-0.15, -0.1) is 0 Å². The van der Waals surface area contributed by atoms with E-state index in [2.05, 4.69) is 12.1 Å². The number of fused-ring (bicyclic) bond motifs is 1. The van der Waals surface area contributed by atoms with Gasteiger partial charge in [0.2, 0.25) is 0 Å². The van der Waals surface area contributed by atoms with E-state index in [0.29, 0.717) is 18.6 Å². The van der Waals surface area contributed by atoms with E-state index >= 15 is 0 Å². The van der Waals surface area contributed by atoms with Gasteiger partial charge in [0.1, 0.15) is 5.75 Å². The number of rotatable bonds is 1. The summed E-state index contributed by atoms with van der Waals surface area (Å²) in [4.78, 5) is 0. The molecule has 98 valence electrons. The number of hydrogen-bond acceptors (Lipinski definition) is 2. The van der Waals surface area contributed by atoms with E-state index in [1.165, 1.54) is 11.1 Å². The summed E-state index contributed by atoms with van der Waals surface area (Å²) in [5.41, 5.74) is 4.28. The molecule has 1 aliphatic carbocycles. The van der Waals surface area contributed by atoms with Gasteiger partial charge in [0.05, 0.1) is 5.60 Å². The molecule has 0 saturated carbocycles. The molecule has 0 unspecified atom stereocenters. The Balaban J connectivity index is 2.07. The Labute approximate surface area is 113 Å². The van der Waals surface area contributed by atoms with Crippen molar-refractivity contribution in [3.05, 3.63) is 64.2 Å². The zero-order valence-electron chi connectivity index (χ0n) is 11.3. The number of aliphatic hydroxyl groups is 1. The molecular weight excluding hydrogens is 236 g/mol. The molecule has 0 saturated heterocycles. The van der Waals surface area contributed by atoms with E-state index in [4.69, 9.17) is 0 Å². The number of hydrogen-bond donors (Lipinski definition) is 2. The van der Waals surface area contributed by atoms with E-state index in [1.54, 1.807) is 6.07 Å². The second-order valence-electron chi connectivity index (χ2n) is 5.61. The number of aryl methyl sites for hydroxylation is 2. The molecule has 2 aromatic rings. The van der Waals surface area contributed by atoms with Crippen molar-refractivity contribution >= 4 is 0 Å². The summed E-state index contributed by atoms with van der Waals surface area (Å²) >= 11 is 0. The quantitative estimate of drug-likeness (QED) is 0.821. The van der Waals surface area contributed by atoms with Gasteiger partial charge in [-0.05, 0) is 53.8 Å². The predicted octanol–water partition coefficient (Wildman–Crippen LogP) is 3.00. The van der Waals surface area contributed by atoms with Crippen LogP contribution in [0.2, 0.25) is 0 Å². The molecule has 0 heterocycles. The van der Waals surface area contributed by atoms with Gasteiger partial charge in [0, 0.05) is 12.8 Å². The molecule has 0 fully saturated rings. The molecule has 0 aliphatic heterocycles. The molecule has 1 aliphatic rings. The summed E-state index contributed by atoms with van der Waals surface area (Å²) in [6.07, 6.45) is 1.29. The summed E-state index contributed by atoms with van der Waals surface area (Å²) in [7, 11) is 0. The van der Waals surface area contributed by atoms with Crippen LogP contribution in [0.15, 0.2) is 36.4 Å². The Morgan fingerprint density at radius 3 is 2.11 bits per heavy atom. The molecule has 0 radical (unpaired) electrons. The van der Waals surface area contributed by atoms with E-state index in [-0.39, 0.29) is 0 Å². The van der Waals surface area contributed by atoms with Gasteiger partial charge in [-0.25, -0.2) is 0 Å². The highest BCUT2D eigenvalue weighted by Gasteiger charge is 2.37. The Morgan fingerprint density at radius 1 is 0.947 bits per heavy atom. The highest BCUT2D eigenvalue weighted by molar-refractivity contribution is 5.47. The SMILES string of the molecule is Cc1cc(C2(O)Cc3ccccc3C2)c(C)cc1O. The minimum absolute atomic E-state index is 0.292. The van der Waals surface area contributed by atoms with Crippen LogP contribution in [-0.2, 0) is 18.4 Å². The maximum Gasteiger partial charge on any atom is 0.118 e. The Hall–Kier alpha value is -1.80. The van der Waals surface area contributed by atoms with Crippen LogP contribution < -0.4 is 0 Å². The normalized spacial score (nSPS) is 16.4. The van der Waals surface area contributed by atoms with Gasteiger partial charge < -0.3 is 10.2 Å². The average molecular weight is 254 g/mol. The lowest BCUT2D eigenvalue weighted by atomic mass is 9.86. The van der Waals surface area contributed by atoms with Crippen molar-refractivity contribution in [2.45, 2.75) is 32.3 Å². The van der Waals surface area contributed by atoms with Crippen LogP contribution in [0.25, 0.3) is 0 Å². The zero-order valence-corrected chi connectivity index (χ0v) is 11.3. The fourth-order valence-corrected chi connectivity index (χ4v) is 3.09. The van der Waals surface area contributed by atoms with Crippen molar-refractivity contribution in [3.63, 3.8) is 0 Å². The van der Waals surface area contributed by atoms with Crippen LogP contribution in [-0.4, -0.2) is 10.2 Å². The molecular formula is C17H18O2. The Bertz CT molecular complexity index is 619. The molecule has 2 heteroatoms. The molecule has 2 nitrogen and oxygen atoms in total. The Morgan fingerprint density at radius 2 is 1.53 bits per heavy atom. The fourth-order valence-electron chi connectivity index (χ4n) is 3.09. The lowest BCUT2D eigenvalue weighted by Gasteiger charge is -2.25. The third kappa shape index (κ3) is 1.92. The molecule has 0 bridgehead atoms. The van der Waals surface area contributed by atoms with Crippen molar-refractivity contribution in [1.82, 2.24) is 0 Å². The first-order valence-corrected chi connectivity index (χ1v) is 6.59. The first kappa shape index (κ1) is 12.2. The monoisotopic (exact) mass is 254 g/mol. The molecule has 19 heavy (non-hydrogen) atoms. The molecule has 2 N–H and O–H groups in total. The topological polar surface area (TPSA) is 40.5 Å². The van der Waals surface area contributed by atoms with Crippen LogP contribution in [0.4, 0.5) is 0 Å². The first-order chi connectivity index (χ1) is 8.99. The third-order valence-corrected chi connectivity index (χ3v) is 4.13. The molecule has 0 aromatic heterocycles. The van der Waals surface area contributed by atoms with Crippen LogP contribution in [0.5, 0.6) is 5.75 Å². The second-order valence-corrected chi connectivity index (χ2v) is 5.61. The van der Waals surface area contributed by atoms with Gasteiger partial charge in [-0.1, -0.05) is 24.3 Å². The molecule has 0 atom stereocenters. The molecule has 0 amide bonds. The molecule has 0 spiro atoms. The largest absolute Gasteiger partial charge is 0.508 e. The number of phenols is 1. The minimum Gasteiger partial charge on any atom is -0.508 e. The van der Waals surface area contributed by atoms with Gasteiger partial charge >= 0.3 is 0 Å². The molecule has 3 rings (SSSR count). The number of benzene rings is 2. The lowest BCUT2D eigenvalue weighted by molar-refractivity contribution is 0.0475. The summed E-state index contributed by atoms with van der Waals surface area (Å²) < 4.78 is 0. The average Bonchev–Trinajstić information content (AvgIpc) is 2.70. The lowest BCUT2D eigenvalue weighted by Crippen LogP contribution is -2.27. The van der Waals surface area contributed by atoms with E-state index in [9.17, 15) is 10.2 Å². The maximum atomic E-state index is 11.0. The zero-order chi connectivity index (χ0) is 13.6. The summed E-state index contributed by atoms with van der Waals surface area (Å²) in [6, 6.07) is 11.8. The van der Waals surface area contributed by atoms with Crippen LogP contribution in [0, 0.1) is 13.8 Å². The van der Waals surface area contributed by atoms with Gasteiger partial charge in [0.15, 0.2) is 0 Å². The van der Waals surface area contributed by atoms with Crippen molar-refractivity contribution in [3.8, 4) is 5.75 Å². The smallest absolute Gasteiger partial charge is 0.118 e. The summed E-state index contributed by atoms with van der Waals surface area (Å²) in [5, 5.41) is 20.7. The first-order valence-electron chi connectivity index (χ1n) is 6.59. The predicted molar refractivity (Wildman–Crippen MR) is 75.3 cm³/mol. The number of phenolic OH excluding ortho intramolecular Hbond substituents is 1. The van der Waals surface area contributed by atoms with Gasteiger partial charge in [-0.3, -0.25) is 0 Å². The summed E-state index contributed by atoms with van der Waals surface area (Å²) in [6.45, 7) is 3.80. The van der Waals surface area contributed by atoms with Crippen LogP contribution >= 0.6 is 0 Å². The van der Waals surface area contributed by atoms with Gasteiger partial charge in [-0.2, -0.15) is 0 Å². The number of aromatic hydroxyl groups is 1. The van der Waals surface area contributed by atoms with E-state index in [0.717, 1.165) is 16.7 Å². The van der Waals surface area contributed by atoms with Crippen LogP contribution in [0.3, 0.4) is 0 Å². The Kier molecular flexibility index (Phi) is 2.64. The highest BCUT2D eigenvalue weighted by Crippen LogP contribution is 2.40. The second kappa shape index (κ2) is 4.10. The van der Waals surface area contributed by atoms with Gasteiger partial charge in [0.25, 0.3) is 0 Å². The minimum atomic E-state index is -0.841. The van der Waals surface area contributed by atoms with Crippen LogP contribution in [0.1, 0.15) is 27.8 Å². The van der Waals surface area contributed by atoms with Crippen molar-refractivity contribution in [2.75, 3.05) is 0 Å². The standard InChI is InChI=1S/C17H18O2/c1-11-8-16(18)12(2)7-15(11)17(19)9-13-5-3-4-6-14(13)10-17/h3-8,18-19H,9-10H2,1-2H3. The maximum absolute atomic E-state index is 11.0. The van der Waals surface area contributed by atoms with E-state index < -0.39 is 5.60 Å². The third-order valence-electron chi connectivity index (χ3n) is 4.13.